The lowest BCUT2D eigenvalue weighted by Crippen LogP contribution is -2.52. The van der Waals surface area contributed by atoms with E-state index >= 15 is 0 Å². The number of carbonyl (C=O) groups is 1. The lowest BCUT2D eigenvalue weighted by Gasteiger charge is -2.39. The van der Waals surface area contributed by atoms with E-state index in [9.17, 15) is 20.1 Å². The monoisotopic (exact) mass is 344 g/mol. The average molecular weight is 344 g/mol. The number of aryl methyl sites for hydroxylation is 1. The maximum atomic E-state index is 11.5. The molecule has 0 radical (unpaired) electrons. The standard InChI is InChI=1S/C19H20O6/c1-12-7-8-15(16(21)9-12)19(23,13-5-3-2-4-6-13)17(22)18-24-10-14(20)11-25-18/h2-9,17-18,21-23H,10-11H2,1H3. The minimum atomic E-state index is -1.98. The van der Waals surface area contributed by atoms with Crippen LogP contribution in [0.3, 0.4) is 0 Å². The van der Waals surface area contributed by atoms with E-state index in [0.29, 0.717) is 5.56 Å². The van der Waals surface area contributed by atoms with Gasteiger partial charge in [0, 0.05) is 5.56 Å². The minimum absolute atomic E-state index is 0.126. The first kappa shape index (κ1) is 17.6. The van der Waals surface area contributed by atoms with Gasteiger partial charge in [0.1, 0.15) is 30.7 Å². The quantitative estimate of drug-likeness (QED) is 0.772. The van der Waals surface area contributed by atoms with Gasteiger partial charge in [0.2, 0.25) is 0 Å². The first-order chi connectivity index (χ1) is 11.9. The van der Waals surface area contributed by atoms with E-state index in [-0.39, 0.29) is 30.3 Å². The van der Waals surface area contributed by atoms with Gasteiger partial charge in [-0.2, -0.15) is 0 Å². The molecule has 1 aliphatic rings. The number of ketones is 1. The van der Waals surface area contributed by atoms with Gasteiger partial charge in [0.05, 0.1) is 0 Å². The largest absolute Gasteiger partial charge is 0.508 e. The molecular weight excluding hydrogens is 324 g/mol. The highest BCUT2D eigenvalue weighted by atomic mass is 16.7. The second-order valence-electron chi connectivity index (χ2n) is 6.13. The Labute approximate surface area is 145 Å². The Bertz CT molecular complexity index is 750. The molecule has 2 aromatic rings. The Balaban J connectivity index is 2.07. The zero-order chi connectivity index (χ0) is 18.0. The SMILES string of the molecule is Cc1ccc(C(O)(c2ccccc2)C(O)C2OCC(=O)CO2)c(O)c1. The number of benzene rings is 2. The molecule has 0 aromatic heterocycles. The summed E-state index contributed by atoms with van der Waals surface area (Å²) in [4.78, 5) is 11.3. The number of carbonyl (C=O) groups excluding carboxylic acids is 1. The average Bonchev–Trinajstić information content (AvgIpc) is 2.62. The van der Waals surface area contributed by atoms with Crippen LogP contribution < -0.4 is 0 Å². The summed E-state index contributed by atoms with van der Waals surface area (Å²) in [7, 11) is 0. The van der Waals surface area contributed by atoms with Crippen molar-refractivity contribution in [3.05, 3.63) is 65.2 Å². The number of hydrogen-bond acceptors (Lipinski definition) is 6. The van der Waals surface area contributed by atoms with Crippen molar-refractivity contribution in [2.75, 3.05) is 13.2 Å². The van der Waals surface area contributed by atoms with Crippen LogP contribution in [-0.2, 0) is 19.9 Å². The Hall–Kier alpha value is -2.25. The van der Waals surface area contributed by atoms with Crippen LogP contribution in [-0.4, -0.2) is 46.7 Å². The number of ether oxygens (including phenoxy) is 2. The molecule has 25 heavy (non-hydrogen) atoms. The summed E-state index contributed by atoms with van der Waals surface area (Å²) < 4.78 is 10.5. The fourth-order valence-corrected chi connectivity index (χ4v) is 2.96. The summed E-state index contributed by atoms with van der Waals surface area (Å²) >= 11 is 0. The Morgan fingerprint density at radius 3 is 2.36 bits per heavy atom. The Morgan fingerprint density at radius 1 is 1.12 bits per heavy atom. The number of aliphatic hydroxyl groups excluding tert-OH is 1. The zero-order valence-electron chi connectivity index (χ0n) is 13.8. The Kier molecular flexibility index (Phi) is 4.87. The minimum Gasteiger partial charge on any atom is -0.508 e. The van der Waals surface area contributed by atoms with Gasteiger partial charge in [-0.3, -0.25) is 4.79 Å². The maximum absolute atomic E-state index is 11.5. The lowest BCUT2D eigenvalue weighted by molar-refractivity contribution is -0.246. The molecule has 0 spiro atoms. The van der Waals surface area contributed by atoms with Crippen molar-refractivity contribution in [1.29, 1.82) is 0 Å². The van der Waals surface area contributed by atoms with Gasteiger partial charge in [-0.15, -0.1) is 0 Å². The summed E-state index contributed by atoms with van der Waals surface area (Å²) in [6, 6.07) is 13.2. The van der Waals surface area contributed by atoms with Crippen molar-refractivity contribution in [3.63, 3.8) is 0 Å². The first-order valence-corrected chi connectivity index (χ1v) is 7.94. The number of phenolic OH excluding ortho intramolecular Hbond substituents is 1. The normalized spacial score (nSPS) is 19.4. The summed E-state index contributed by atoms with van der Waals surface area (Å²) in [6.45, 7) is 1.40. The molecule has 0 bridgehead atoms. The molecule has 3 rings (SSSR count). The van der Waals surface area contributed by atoms with Crippen LogP contribution in [0.4, 0.5) is 0 Å². The highest BCUT2D eigenvalue weighted by Crippen LogP contribution is 2.40. The predicted octanol–water partition coefficient (Wildman–Crippen LogP) is 1.24. The number of hydrogen-bond donors (Lipinski definition) is 3. The van der Waals surface area contributed by atoms with E-state index in [1.807, 2.05) is 0 Å². The van der Waals surface area contributed by atoms with Crippen LogP contribution in [0.2, 0.25) is 0 Å². The predicted molar refractivity (Wildman–Crippen MR) is 89.0 cm³/mol. The molecule has 6 heteroatoms. The van der Waals surface area contributed by atoms with Crippen LogP contribution in [0.1, 0.15) is 16.7 Å². The van der Waals surface area contributed by atoms with Gasteiger partial charge >= 0.3 is 0 Å². The molecular formula is C19H20O6. The van der Waals surface area contributed by atoms with Gasteiger partial charge in [-0.1, -0.05) is 42.5 Å². The second-order valence-corrected chi connectivity index (χ2v) is 6.13. The molecule has 2 aromatic carbocycles. The fraction of sp³-hybridized carbons (Fsp3) is 0.316. The van der Waals surface area contributed by atoms with Gasteiger partial charge in [-0.05, 0) is 24.1 Å². The molecule has 6 nitrogen and oxygen atoms in total. The van der Waals surface area contributed by atoms with E-state index in [1.54, 1.807) is 49.4 Å². The highest BCUT2D eigenvalue weighted by Gasteiger charge is 2.47. The molecule has 0 aliphatic carbocycles. The van der Waals surface area contributed by atoms with Crippen molar-refractivity contribution >= 4 is 5.78 Å². The number of rotatable bonds is 4. The molecule has 132 valence electrons. The molecule has 0 amide bonds. The molecule has 1 saturated heterocycles. The van der Waals surface area contributed by atoms with Crippen molar-refractivity contribution in [2.24, 2.45) is 0 Å². The highest BCUT2D eigenvalue weighted by molar-refractivity contribution is 5.81. The number of phenols is 1. The molecule has 2 unspecified atom stereocenters. The molecule has 1 heterocycles. The van der Waals surface area contributed by atoms with Crippen LogP contribution in [0, 0.1) is 6.92 Å². The number of Topliss-reactive ketones (excluding diaryl/α,β-unsaturated/α-hetero) is 1. The van der Waals surface area contributed by atoms with Gasteiger partial charge in [0.25, 0.3) is 0 Å². The molecule has 0 saturated carbocycles. The van der Waals surface area contributed by atoms with Crippen LogP contribution in [0.5, 0.6) is 5.75 Å². The van der Waals surface area contributed by atoms with Gasteiger partial charge in [-0.25, -0.2) is 0 Å². The summed E-state index contributed by atoms with van der Waals surface area (Å²) in [6.07, 6.45) is -2.76. The smallest absolute Gasteiger partial charge is 0.188 e. The van der Waals surface area contributed by atoms with Crippen LogP contribution >= 0.6 is 0 Å². The third-order valence-corrected chi connectivity index (χ3v) is 4.28. The van der Waals surface area contributed by atoms with E-state index in [0.717, 1.165) is 5.56 Å². The van der Waals surface area contributed by atoms with Crippen LogP contribution in [0.15, 0.2) is 48.5 Å². The fourth-order valence-electron chi connectivity index (χ4n) is 2.96. The third kappa shape index (κ3) is 3.29. The van der Waals surface area contributed by atoms with E-state index in [4.69, 9.17) is 9.47 Å². The van der Waals surface area contributed by atoms with Crippen molar-refractivity contribution in [2.45, 2.75) is 24.9 Å². The topological polar surface area (TPSA) is 96.2 Å². The maximum Gasteiger partial charge on any atom is 0.188 e. The number of aliphatic hydroxyl groups is 2. The zero-order valence-corrected chi connectivity index (χ0v) is 13.8. The summed E-state index contributed by atoms with van der Waals surface area (Å²) in [5, 5.41) is 32.7. The molecule has 1 aliphatic heterocycles. The van der Waals surface area contributed by atoms with Gasteiger partial charge in [0.15, 0.2) is 12.1 Å². The Morgan fingerprint density at radius 2 is 1.76 bits per heavy atom. The van der Waals surface area contributed by atoms with Crippen molar-refractivity contribution < 1.29 is 29.6 Å². The number of aromatic hydroxyl groups is 1. The molecule has 2 atom stereocenters. The van der Waals surface area contributed by atoms with Crippen LogP contribution in [0.25, 0.3) is 0 Å². The second kappa shape index (κ2) is 6.93. The first-order valence-electron chi connectivity index (χ1n) is 7.94. The third-order valence-electron chi connectivity index (χ3n) is 4.28. The van der Waals surface area contributed by atoms with E-state index in [1.165, 1.54) is 6.07 Å². The van der Waals surface area contributed by atoms with E-state index < -0.39 is 18.0 Å². The van der Waals surface area contributed by atoms with E-state index in [2.05, 4.69) is 0 Å². The summed E-state index contributed by atoms with van der Waals surface area (Å²) in [5.41, 5.74) is -0.682. The van der Waals surface area contributed by atoms with Gasteiger partial charge < -0.3 is 24.8 Å². The van der Waals surface area contributed by atoms with Crippen molar-refractivity contribution in [1.82, 2.24) is 0 Å². The molecule has 1 fully saturated rings. The lowest BCUT2D eigenvalue weighted by atomic mass is 9.80. The van der Waals surface area contributed by atoms with Crippen molar-refractivity contribution in [3.8, 4) is 5.75 Å². The molecule has 3 N–H and O–H groups in total. The summed E-state index contributed by atoms with van der Waals surface area (Å²) in [5.74, 6) is -0.401.